The molecule has 64 valence electrons. The van der Waals surface area contributed by atoms with E-state index in [2.05, 4.69) is 10.3 Å². The summed E-state index contributed by atoms with van der Waals surface area (Å²) in [5.41, 5.74) is 2.52. The van der Waals surface area contributed by atoms with Crippen LogP contribution in [0.2, 0.25) is 0 Å². The number of likely N-dealkylation sites (tertiary alicyclic amines) is 1. The van der Waals surface area contributed by atoms with Gasteiger partial charge in [0, 0.05) is 13.1 Å². The summed E-state index contributed by atoms with van der Waals surface area (Å²) in [6.45, 7) is 2.12. The second-order valence-electron chi connectivity index (χ2n) is 2.85. The van der Waals surface area contributed by atoms with Crippen molar-refractivity contribution in [3.8, 4) is 0 Å². The van der Waals surface area contributed by atoms with Gasteiger partial charge in [-0.25, -0.2) is 5.84 Å². The van der Waals surface area contributed by atoms with Gasteiger partial charge in [-0.15, -0.1) is 0 Å². The van der Waals surface area contributed by atoms with E-state index < -0.39 is 0 Å². The van der Waals surface area contributed by atoms with Gasteiger partial charge < -0.3 is 10.3 Å². The number of hydrazine groups is 1. The Labute approximate surface area is 72.9 Å². The molecule has 1 heterocycles. The highest BCUT2D eigenvalue weighted by Gasteiger charge is 2.10. The van der Waals surface area contributed by atoms with Crippen LogP contribution in [0.5, 0.6) is 0 Å². The van der Waals surface area contributed by atoms with E-state index in [1.165, 1.54) is 25.7 Å². The fourth-order valence-corrected chi connectivity index (χ4v) is 1.55. The van der Waals surface area contributed by atoms with Crippen molar-refractivity contribution in [2.45, 2.75) is 25.7 Å². The largest absolute Gasteiger partial charge is 0.348 e. The molecule has 1 rings (SSSR count). The maximum atomic E-state index is 5.22. The van der Waals surface area contributed by atoms with Crippen LogP contribution in [0.15, 0.2) is 0 Å². The van der Waals surface area contributed by atoms with Crippen LogP contribution >= 0.6 is 12.2 Å². The van der Waals surface area contributed by atoms with Crippen molar-refractivity contribution < 1.29 is 0 Å². The number of hydrogen-bond acceptors (Lipinski definition) is 2. The highest BCUT2D eigenvalue weighted by molar-refractivity contribution is 7.80. The molecule has 11 heavy (non-hydrogen) atoms. The fourth-order valence-electron chi connectivity index (χ4n) is 1.37. The van der Waals surface area contributed by atoms with Crippen molar-refractivity contribution in [3.05, 3.63) is 0 Å². The van der Waals surface area contributed by atoms with Gasteiger partial charge in [-0.2, -0.15) is 0 Å². The minimum absolute atomic E-state index is 0.687. The molecule has 0 aromatic carbocycles. The predicted molar refractivity (Wildman–Crippen MR) is 50.0 cm³/mol. The summed E-state index contributed by atoms with van der Waals surface area (Å²) < 4.78 is 0. The van der Waals surface area contributed by atoms with Gasteiger partial charge in [0.25, 0.3) is 0 Å². The van der Waals surface area contributed by atoms with Crippen LogP contribution in [0, 0.1) is 0 Å². The molecule has 0 aromatic rings. The smallest absolute Gasteiger partial charge is 0.183 e. The van der Waals surface area contributed by atoms with Crippen LogP contribution in [-0.2, 0) is 0 Å². The Kier molecular flexibility index (Phi) is 3.59. The van der Waals surface area contributed by atoms with E-state index in [-0.39, 0.29) is 0 Å². The molecule has 1 fully saturated rings. The Morgan fingerprint density at radius 1 is 1.18 bits per heavy atom. The monoisotopic (exact) mass is 173 g/mol. The zero-order chi connectivity index (χ0) is 8.10. The second kappa shape index (κ2) is 4.51. The van der Waals surface area contributed by atoms with Crippen LogP contribution in [0.1, 0.15) is 25.7 Å². The van der Waals surface area contributed by atoms with E-state index >= 15 is 0 Å². The topological polar surface area (TPSA) is 41.3 Å². The molecule has 0 bridgehead atoms. The third-order valence-corrected chi connectivity index (χ3v) is 2.39. The third kappa shape index (κ3) is 2.63. The first-order valence-electron chi connectivity index (χ1n) is 4.10. The lowest BCUT2D eigenvalue weighted by atomic mass is 10.2. The Morgan fingerprint density at radius 2 is 1.73 bits per heavy atom. The van der Waals surface area contributed by atoms with Gasteiger partial charge in [-0.1, -0.05) is 12.8 Å². The Hall–Kier alpha value is -0.350. The van der Waals surface area contributed by atoms with Crippen LogP contribution < -0.4 is 11.3 Å². The van der Waals surface area contributed by atoms with Crippen LogP contribution in [-0.4, -0.2) is 23.1 Å². The first kappa shape index (κ1) is 8.74. The van der Waals surface area contributed by atoms with Crippen LogP contribution in [0.4, 0.5) is 0 Å². The minimum atomic E-state index is 0.687. The molecule has 0 amide bonds. The SMILES string of the molecule is NNC(=S)N1CCCCCC1. The lowest BCUT2D eigenvalue weighted by Crippen LogP contribution is -2.43. The Balaban J connectivity index is 2.36. The zero-order valence-electron chi connectivity index (χ0n) is 6.68. The number of nitrogens with one attached hydrogen (secondary N) is 1. The van der Waals surface area contributed by atoms with E-state index in [0.717, 1.165) is 13.1 Å². The maximum absolute atomic E-state index is 5.22. The van der Waals surface area contributed by atoms with E-state index in [4.69, 9.17) is 18.1 Å². The molecule has 3 N–H and O–H groups in total. The summed E-state index contributed by atoms with van der Waals surface area (Å²) >= 11 is 5.03. The molecule has 4 heteroatoms. The lowest BCUT2D eigenvalue weighted by Gasteiger charge is -2.21. The number of thiocarbonyl (C=S) groups is 1. The van der Waals surface area contributed by atoms with Crippen molar-refractivity contribution >= 4 is 17.3 Å². The van der Waals surface area contributed by atoms with Gasteiger partial charge in [-0.05, 0) is 25.1 Å². The first-order chi connectivity index (χ1) is 5.34. The first-order valence-corrected chi connectivity index (χ1v) is 4.51. The number of nitrogens with two attached hydrogens (primary N) is 1. The third-order valence-electron chi connectivity index (χ3n) is 2.02. The standard InChI is InChI=1S/C7H15N3S/c8-9-7(11)10-5-3-1-2-4-6-10/h1-6,8H2,(H,9,11). The van der Waals surface area contributed by atoms with Crippen molar-refractivity contribution in [1.82, 2.24) is 10.3 Å². The molecule has 3 nitrogen and oxygen atoms in total. The highest BCUT2D eigenvalue weighted by Crippen LogP contribution is 2.09. The Morgan fingerprint density at radius 3 is 2.18 bits per heavy atom. The quantitative estimate of drug-likeness (QED) is 0.320. The molecular weight excluding hydrogens is 158 g/mol. The number of nitrogens with zero attached hydrogens (tertiary/aromatic N) is 1. The van der Waals surface area contributed by atoms with Crippen molar-refractivity contribution in [3.63, 3.8) is 0 Å². The molecule has 0 saturated carbocycles. The molecule has 1 aliphatic rings. The van der Waals surface area contributed by atoms with Gasteiger partial charge in [-0.3, -0.25) is 0 Å². The molecule has 0 radical (unpaired) electrons. The molecule has 0 unspecified atom stereocenters. The molecule has 0 atom stereocenters. The van der Waals surface area contributed by atoms with Gasteiger partial charge in [0.2, 0.25) is 0 Å². The average Bonchev–Trinajstić information content (AvgIpc) is 2.30. The highest BCUT2D eigenvalue weighted by atomic mass is 32.1. The van der Waals surface area contributed by atoms with Gasteiger partial charge in [0.05, 0.1) is 0 Å². The normalized spacial score (nSPS) is 19.2. The van der Waals surface area contributed by atoms with E-state index in [0.29, 0.717) is 5.11 Å². The molecule has 1 aliphatic heterocycles. The summed E-state index contributed by atoms with van der Waals surface area (Å²) in [5.74, 6) is 5.22. The van der Waals surface area contributed by atoms with Gasteiger partial charge in [0.15, 0.2) is 5.11 Å². The molecule has 0 aromatic heterocycles. The summed E-state index contributed by atoms with van der Waals surface area (Å²) in [7, 11) is 0. The molecule has 0 spiro atoms. The summed E-state index contributed by atoms with van der Waals surface area (Å²) in [4.78, 5) is 2.14. The summed E-state index contributed by atoms with van der Waals surface area (Å²) in [6, 6.07) is 0. The van der Waals surface area contributed by atoms with E-state index in [9.17, 15) is 0 Å². The van der Waals surface area contributed by atoms with Crippen molar-refractivity contribution in [2.24, 2.45) is 5.84 Å². The molecule has 0 aliphatic carbocycles. The fraction of sp³-hybridized carbons (Fsp3) is 0.857. The Bertz CT molecular complexity index is 130. The van der Waals surface area contributed by atoms with Gasteiger partial charge >= 0.3 is 0 Å². The van der Waals surface area contributed by atoms with E-state index in [1.807, 2.05) is 0 Å². The summed E-state index contributed by atoms with van der Waals surface area (Å²) in [6.07, 6.45) is 5.12. The van der Waals surface area contributed by atoms with Crippen LogP contribution in [0.3, 0.4) is 0 Å². The van der Waals surface area contributed by atoms with Gasteiger partial charge in [0.1, 0.15) is 0 Å². The number of rotatable bonds is 0. The maximum Gasteiger partial charge on any atom is 0.183 e. The predicted octanol–water partition coefficient (Wildman–Crippen LogP) is 0.611. The average molecular weight is 173 g/mol. The van der Waals surface area contributed by atoms with Crippen LogP contribution in [0.25, 0.3) is 0 Å². The zero-order valence-corrected chi connectivity index (χ0v) is 7.49. The van der Waals surface area contributed by atoms with Crippen molar-refractivity contribution in [2.75, 3.05) is 13.1 Å². The van der Waals surface area contributed by atoms with E-state index in [1.54, 1.807) is 0 Å². The lowest BCUT2D eigenvalue weighted by molar-refractivity contribution is 0.428. The van der Waals surface area contributed by atoms with Crippen molar-refractivity contribution in [1.29, 1.82) is 0 Å². The molecule has 1 saturated heterocycles. The molecular formula is C7H15N3S. The minimum Gasteiger partial charge on any atom is -0.348 e. The summed E-state index contributed by atoms with van der Waals surface area (Å²) in [5, 5.41) is 0.687. The second-order valence-corrected chi connectivity index (χ2v) is 3.24. The number of hydrogen-bond donors (Lipinski definition) is 2.